The highest BCUT2D eigenvalue weighted by atomic mass is 15.0. The molecule has 0 bridgehead atoms. The van der Waals surface area contributed by atoms with Crippen molar-refractivity contribution in [1.29, 1.82) is 0 Å². The van der Waals surface area contributed by atoms with Gasteiger partial charge >= 0.3 is 0 Å². The molecular formula is C13H23N3. The second-order valence-electron chi connectivity index (χ2n) is 4.74. The quantitative estimate of drug-likeness (QED) is 0.749. The zero-order chi connectivity index (χ0) is 12.0. The van der Waals surface area contributed by atoms with Gasteiger partial charge in [-0.25, -0.2) is 4.98 Å². The first-order valence-electron chi connectivity index (χ1n) is 6.13. The summed E-state index contributed by atoms with van der Waals surface area (Å²) in [5.74, 6) is 1.70. The van der Waals surface area contributed by atoms with Gasteiger partial charge in [0, 0.05) is 6.54 Å². The van der Waals surface area contributed by atoms with Crippen molar-refractivity contribution in [2.24, 2.45) is 5.92 Å². The van der Waals surface area contributed by atoms with Crippen LogP contribution < -0.4 is 5.32 Å². The summed E-state index contributed by atoms with van der Waals surface area (Å²) in [4.78, 5) is 8.71. The Bertz CT molecular complexity index is 321. The van der Waals surface area contributed by atoms with E-state index in [1.54, 1.807) is 0 Å². The molecule has 0 saturated carbocycles. The molecule has 0 spiro atoms. The van der Waals surface area contributed by atoms with Crippen LogP contribution in [-0.4, -0.2) is 16.5 Å². The van der Waals surface area contributed by atoms with Crippen LogP contribution in [0.3, 0.4) is 0 Å². The summed E-state index contributed by atoms with van der Waals surface area (Å²) in [6.45, 7) is 9.50. The van der Waals surface area contributed by atoms with Crippen molar-refractivity contribution in [2.75, 3.05) is 11.9 Å². The molecule has 16 heavy (non-hydrogen) atoms. The SMILES string of the molecule is Cc1ncc(NCCCCC(C)C)nc1C. The molecule has 3 heteroatoms. The second-order valence-corrected chi connectivity index (χ2v) is 4.74. The molecule has 0 atom stereocenters. The number of unbranched alkanes of at least 4 members (excludes halogenated alkanes) is 1. The smallest absolute Gasteiger partial charge is 0.144 e. The maximum absolute atomic E-state index is 4.43. The summed E-state index contributed by atoms with van der Waals surface area (Å²) in [6.07, 6.45) is 5.60. The molecule has 90 valence electrons. The fourth-order valence-electron chi connectivity index (χ4n) is 1.52. The fraction of sp³-hybridized carbons (Fsp3) is 0.692. The Hall–Kier alpha value is -1.12. The lowest BCUT2D eigenvalue weighted by Gasteiger charge is -2.07. The van der Waals surface area contributed by atoms with Crippen LogP contribution in [0.4, 0.5) is 5.82 Å². The van der Waals surface area contributed by atoms with Crippen LogP contribution in [0.25, 0.3) is 0 Å². The maximum Gasteiger partial charge on any atom is 0.144 e. The summed E-state index contributed by atoms with van der Waals surface area (Å²) in [5, 5.41) is 3.31. The van der Waals surface area contributed by atoms with Gasteiger partial charge in [0.1, 0.15) is 5.82 Å². The molecule has 0 amide bonds. The number of nitrogens with one attached hydrogen (secondary N) is 1. The average molecular weight is 221 g/mol. The molecule has 0 aliphatic rings. The van der Waals surface area contributed by atoms with E-state index in [9.17, 15) is 0 Å². The van der Waals surface area contributed by atoms with Crippen molar-refractivity contribution >= 4 is 5.82 Å². The van der Waals surface area contributed by atoms with E-state index in [0.29, 0.717) is 0 Å². The molecule has 1 aromatic heterocycles. The lowest BCUT2D eigenvalue weighted by Crippen LogP contribution is -2.05. The van der Waals surface area contributed by atoms with Gasteiger partial charge < -0.3 is 5.32 Å². The second kappa shape index (κ2) is 6.46. The lowest BCUT2D eigenvalue weighted by atomic mass is 10.1. The molecule has 0 radical (unpaired) electrons. The number of aromatic nitrogens is 2. The summed E-state index contributed by atoms with van der Waals surface area (Å²) in [5.41, 5.74) is 2.01. The van der Waals surface area contributed by atoms with E-state index in [1.165, 1.54) is 19.3 Å². The molecule has 0 aromatic carbocycles. The van der Waals surface area contributed by atoms with Gasteiger partial charge in [-0.2, -0.15) is 0 Å². The van der Waals surface area contributed by atoms with E-state index in [1.807, 2.05) is 20.0 Å². The standard InChI is InChI=1S/C13H23N3/c1-10(2)7-5-6-8-14-13-9-15-11(3)12(4)16-13/h9-10H,5-8H2,1-4H3,(H,14,16). The van der Waals surface area contributed by atoms with Gasteiger partial charge in [0.05, 0.1) is 17.6 Å². The van der Waals surface area contributed by atoms with Crippen molar-refractivity contribution in [2.45, 2.75) is 47.0 Å². The number of rotatable bonds is 6. The molecule has 0 aliphatic carbocycles. The third-order valence-corrected chi connectivity index (χ3v) is 2.71. The first-order valence-corrected chi connectivity index (χ1v) is 6.13. The van der Waals surface area contributed by atoms with Crippen LogP contribution in [0.2, 0.25) is 0 Å². The van der Waals surface area contributed by atoms with E-state index >= 15 is 0 Å². The molecule has 0 saturated heterocycles. The van der Waals surface area contributed by atoms with Crippen LogP contribution in [0.15, 0.2) is 6.20 Å². The highest BCUT2D eigenvalue weighted by Crippen LogP contribution is 2.08. The largest absolute Gasteiger partial charge is 0.369 e. The van der Waals surface area contributed by atoms with Crippen LogP contribution >= 0.6 is 0 Å². The van der Waals surface area contributed by atoms with E-state index < -0.39 is 0 Å². The Morgan fingerprint density at radius 2 is 1.94 bits per heavy atom. The number of anilines is 1. The van der Waals surface area contributed by atoms with Gasteiger partial charge in [-0.3, -0.25) is 4.98 Å². The monoisotopic (exact) mass is 221 g/mol. The van der Waals surface area contributed by atoms with Gasteiger partial charge in [0.25, 0.3) is 0 Å². The average Bonchev–Trinajstić information content (AvgIpc) is 2.22. The highest BCUT2D eigenvalue weighted by molar-refractivity contribution is 5.32. The summed E-state index contributed by atoms with van der Waals surface area (Å²) >= 11 is 0. The van der Waals surface area contributed by atoms with Gasteiger partial charge in [-0.05, 0) is 26.2 Å². The Balaban J connectivity index is 2.24. The third kappa shape index (κ3) is 4.60. The number of hydrogen-bond donors (Lipinski definition) is 1. The first kappa shape index (κ1) is 12.9. The van der Waals surface area contributed by atoms with Crippen molar-refractivity contribution in [3.05, 3.63) is 17.6 Å². The molecule has 0 fully saturated rings. The summed E-state index contributed by atoms with van der Waals surface area (Å²) in [7, 11) is 0. The van der Waals surface area contributed by atoms with Gasteiger partial charge in [-0.15, -0.1) is 0 Å². The molecule has 1 heterocycles. The number of aryl methyl sites for hydroxylation is 2. The first-order chi connectivity index (χ1) is 7.59. The normalized spacial score (nSPS) is 10.8. The molecule has 1 N–H and O–H groups in total. The fourth-order valence-corrected chi connectivity index (χ4v) is 1.52. The third-order valence-electron chi connectivity index (χ3n) is 2.71. The van der Waals surface area contributed by atoms with Crippen LogP contribution in [0.5, 0.6) is 0 Å². The number of hydrogen-bond acceptors (Lipinski definition) is 3. The molecule has 0 unspecified atom stereocenters. The molecule has 1 rings (SSSR count). The highest BCUT2D eigenvalue weighted by Gasteiger charge is 1.99. The van der Waals surface area contributed by atoms with Crippen molar-refractivity contribution < 1.29 is 0 Å². The van der Waals surface area contributed by atoms with Gasteiger partial charge in [-0.1, -0.05) is 26.7 Å². The Morgan fingerprint density at radius 3 is 2.56 bits per heavy atom. The minimum Gasteiger partial charge on any atom is -0.369 e. The predicted molar refractivity (Wildman–Crippen MR) is 68.7 cm³/mol. The predicted octanol–water partition coefficient (Wildman–Crippen LogP) is 3.33. The topological polar surface area (TPSA) is 37.8 Å². The summed E-state index contributed by atoms with van der Waals surface area (Å²) in [6, 6.07) is 0. The number of nitrogens with zero attached hydrogens (tertiary/aromatic N) is 2. The van der Waals surface area contributed by atoms with Gasteiger partial charge in [0.15, 0.2) is 0 Å². The Kier molecular flexibility index (Phi) is 5.23. The van der Waals surface area contributed by atoms with Crippen molar-refractivity contribution in [3.8, 4) is 0 Å². The zero-order valence-electron chi connectivity index (χ0n) is 10.9. The van der Waals surface area contributed by atoms with E-state index in [2.05, 4.69) is 29.1 Å². The van der Waals surface area contributed by atoms with Crippen LogP contribution in [0.1, 0.15) is 44.5 Å². The molecular weight excluding hydrogens is 198 g/mol. The van der Waals surface area contributed by atoms with Crippen LogP contribution in [-0.2, 0) is 0 Å². The molecule has 1 aromatic rings. The van der Waals surface area contributed by atoms with Crippen molar-refractivity contribution in [3.63, 3.8) is 0 Å². The van der Waals surface area contributed by atoms with E-state index in [-0.39, 0.29) is 0 Å². The molecule has 0 aliphatic heterocycles. The lowest BCUT2D eigenvalue weighted by molar-refractivity contribution is 0.544. The van der Waals surface area contributed by atoms with E-state index in [4.69, 9.17) is 0 Å². The van der Waals surface area contributed by atoms with Crippen molar-refractivity contribution in [1.82, 2.24) is 9.97 Å². The molecule has 3 nitrogen and oxygen atoms in total. The minimum absolute atomic E-state index is 0.807. The van der Waals surface area contributed by atoms with Gasteiger partial charge in [0.2, 0.25) is 0 Å². The van der Waals surface area contributed by atoms with E-state index in [0.717, 1.165) is 29.7 Å². The maximum atomic E-state index is 4.43. The minimum atomic E-state index is 0.807. The summed E-state index contributed by atoms with van der Waals surface area (Å²) < 4.78 is 0. The Labute approximate surface area is 98.7 Å². The van der Waals surface area contributed by atoms with Crippen LogP contribution in [0, 0.1) is 19.8 Å². The Morgan fingerprint density at radius 1 is 1.19 bits per heavy atom. The zero-order valence-corrected chi connectivity index (χ0v) is 10.9.